The first-order chi connectivity index (χ1) is 2.56. The van der Waals surface area contributed by atoms with Crippen molar-refractivity contribution in [3.8, 4) is 0 Å². The molecule has 0 aromatic carbocycles. The summed E-state index contributed by atoms with van der Waals surface area (Å²) in [5, 5.41) is 0. The van der Waals surface area contributed by atoms with Gasteiger partial charge in [0.1, 0.15) is 0 Å². The van der Waals surface area contributed by atoms with E-state index in [9.17, 15) is 14.4 Å². The standard InChI is InChI=1S/2K.H3O4P.Ti/c;;1-5(2,3)4;/h;;(H3,1,2,3,4);/q2*+1;;+1/p-3. The molecule has 0 aromatic heterocycles. The van der Waals surface area contributed by atoms with Crippen LogP contribution >= 0.6 is 7.82 Å². The summed E-state index contributed by atoms with van der Waals surface area (Å²) in [7, 11) is -4.65. The summed E-state index contributed by atoms with van der Waals surface area (Å²) < 4.78 is 12.6. The molecule has 4 nitrogen and oxygen atoms in total. The van der Waals surface area contributed by atoms with Gasteiger partial charge in [0.15, 0.2) is 0 Å². The van der Waals surface area contributed by atoms with Crippen molar-refractivity contribution in [3.63, 3.8) is 0 Å². The molecule has 0 rings (SSSR count). The van der Waals surface area contributed by atoms with Crippen molar-refractivity contribution < 1.29 is 141 Å². The molecule has 0 radical (unpaired) electrons. The Kier molecular flexibility index (Phi) is 20.7. The quantitative estimate of drug-likeness (QED) is 0.325. The Morgan fingerprint density at radius 1 is 1.38 bits per heavy atom. The Bertz CT molecular complexity index is 78.1. The van der Waals surface area contributed by atoms with E-state index in [-0.39, 0.29) is 103 Å². The summed E-state index contributed by atoms with van der Waals surface area (Å²) in [4.78, 5) is 18.5. The van der Waals surface area contributed by atoms with Gasteiger partial charge in [-0.25, -0.2) is 0 Å². The Morgan fingerprint density at radius 2 is 1.50 bits per heavy atom. The van der Waals surface area contributed by atoms with Crippen LogP contribution < -0.4 is 113 Å². The van der Waals surface area contributed by atoms with Crippen LogP contribution in [0.25, 0.3) is 0 Å². The normalized spacial score (nSPS) is 8.62. The van der Waals surface area contributed by atoms with Gasteiger partial charge >= 0.3 is 149 Å². The monoisotopic (exact) mass is 221 g/mol. The van der Waals surface area contributed by atoms with Crippen LogP contribution in [0.2, 0.25) is 0 Å². The Labute approximate surface area is 144 Å². The average molecular weight is 221 g/mol. The van der Waals surface area contributed by atoms with Crippen molar-refractivity contribution in [3.05, 3.63) is 0 Å². The molecule has 0 aliphatic rings. The molecule has 0 aliphatic carbocycles. The first-order valence-electron chi connectivity index (χ1n) is 0.934. The smallest absolute Gasteiger partial charge is 1.00 e. The summed E-state index contributed by atoms with van der Waals surface area (Å²) in [5.41, 5.74) is 0. The second-order valence-electron chi connectivity index (χ2n) is 0.539. The van der Waals surface area contributed by atoms with Gasteiger partial charge in [0.25, 0.3) is 0 Å². The molecule has 0 heterocycles. The van der Waals surface area contributed by atoms with Gasteiger partial charge in [-0.15, -0.1) is 0 Å². The Morgan fingerprint density at radius 3 is 1.50 bits per heavy atom. The maximum Gasteiger partial charge on any atom is 1.00 e. The fourth-order valence-corrected chi connectivity index (χ4v) is 0. The average Bonchev–Trinajstić information content (AvgIpc) is 1.35. The third-order valence-corrected chi connectivity index (χ3v) is 1.38. The predicted octanol–water partition coefficient (Wildman–Crippen LogP) is -7.70. The van der Waals surface area contributed by atoms with E-state index in [0.717, 1.165) is 20.8 Å². The van der Waals surface area contributed by atoms with E-state index < -0.39 is 7.82 Å². The second kappa shape index (κ2) is 9.19. The van der Waals surface area contributed by atoms with Crippen LogP contribution in [0.15, 0.2) is 0 Å². The van der Waals surface area contributed by atoms with Crippen molar-refractivity contribution >= 4 is 7.82 Å². The number of hydrogen-bond acceptors (Lipinski definition) is 4. The van der Waals surface area contributed by atoms with Crippen molar-refractivity contribution in [1.29, 1.82) is 0 Å². The van der Waals surface area contributed by atoms with Gasteiger partial charge in [-0.1, -0.05) is 0 Å². The molecule has 0 saturated heterocycles. The fourth-order valence-electron chi connectivity index (χ4n) is 0. The Hall–Kier alpha value is 4.10. The zero-order chi connectivity index (χ0) is 5.21. The van der Waals surface area contributed by atoms with E-state index >= 15 is 0 Å². The molecule has 8 heavy (non-hydrogen) atoms. The summed E-state index contributed by atoms with van der Waals surface area (Å²) >= 11 is 0.820. The van der Waals surface area contributed by atoms with E-state index in [1.165, 1.54) is 0 Å². The Balaban J connectivity index is -0.000000125. The largest absolute Gasteiger partial charge is 1.00 e. The van der Waals surface area contributed by atoms with Crippen molar-refractivity contribution in [2.75, 3.05) is 0 Å². The van der Waals surface area contributed by atoms with Gasteiger partial charge in [0, 0.05) is 0 Å². The molecule has 0 fully saturated rings. The molecule has 0 bridgehead atoms. The number of phosphoric acid groups is 1. The molecule has 0 spiro atoms. The van der Waals surface area contributed by atoms with Crippen LogP contribution in [0.3, 0.4) is 0 Å². The first kappa shape index (κ1) is 18.0. The zero-order valence-electron chi connectivity index (χ0n) is 4.58. The first-order valence-corrected chi connectivity index (χ1v) is 3.03. The molecular weight excluding hydrogens is 221 g/mol. The van der Waals surface area contributed by atoms with E-state index in [0.29, 0.717) is 0 Å². The van der Waals surface area contributed by atoms with Crippen LogP contribution in [0.1, 0.15) is 0 Å². The van der Waals surface area contributed by atoms with Crippen molar-refractivity contribution in [1.82, 2.24) is 0 Å². The molecule has 0 atom stereocenters. The molecular formula is K2O4PTi. The molecule has 0 saturated carbocycles. The SMILES string of the molecule is O=P([O-])([O-])[O][Ti].[K+].[K+]. The van der Waals surface area contributed by atoms with Gasteiger partial charge in [-0.3, -0.25) is 0 Å². The number of rotatable bonds is 1. The second-order valence-corrected chi connectivity index (χ2v) is 2.47. The minimum atomic E-state index is -4.65. The third-order valence-electron chi connectivity index (χ3n) is 0.112. The molecule has 35 valence electrons. The molecule has 0 N–H and O–H groups in total. The van der Waals surface area contributed by atoms with Crippen molar-refractivity contribution in [2.45, 2.75) is 0 Å². The molecule has 0 amide bonds. The predicted molar refractivity (Wildman–Crippen MR) is 8.69 cm³/mol. The summed E-state index contributed by atoms with van der Waals surface area (Å²) in [6.07, 6.45) is 0. The number of hydrogen-bond donors (Lipinski definition) is 0. The van der Waals surface area contributed by atoms with Crippen LogP contribution in [0, 0.1) is 0 Å². The summed E-state index contributed by atoms with van der Waals surface area (Å²) in [5.74, 6) is 0. The fraction of sp³-hybridized carbons (Fsp3) is 0. The molecule has 0 unspecified atom stereocenters. The zero-order valence-corrected chi connectivity index (χ0v) is 13.3. The molecule has 8 heteroatoms. The van der Waals surface area contributed by atoms with E-state index in [1.54, 1.807) is 0 Å². The van der Waals surface area contributed by atoms with E-state index in [4.69, 9.17) is 0 Å². The van der Waals surface area contributed by atoms with Crippen LogP contribution in [0.4, 0.5) is 0 Å². The van der Waals surface area contributed by atoms with Gasteiger partial charge in [-0.05, 0) is 0 Å². The van der Waals surface area contributed by atoms with Gasteiger partial charge in [0.05, 0.1) is 0 Å². The minimum Gasteiger partial charge on any atom is 1.00 e. The van der Waals surface area contributed by atoms with Crippen LogP contribution in [-0.4, -0.2) is 0 Å². The summed E-state index contributed by atoms with van der Waals surface area (Å²) in [6.45, 7) is 0. The van der Waals surface area contributed by atoms with Crippen LogP contribution in [-0.2, 0) is 28.5 Å². The minimum absolute atomic E-state index is 0. The van der Waals surface area contributed by atoms with Gasteiger partial charge < -0.3 is 0 Å². The maximum atomic E-state index is 9.25. The summed E-state index contributed by atoms with van der Waals surface area (Å²) in [6, 6.07) is 0. The van der Waals surface area contributed by atoms with E-state index in [1.807, 2.05) is 0 Å². The molecule has 0 aliphatic heterocycles. The third kappa shape index (κ3) is 16.6. The van der Waals surface area contributed by atoms with E-state index in [2.05, 4.69) is 3.11 Å². The molecule has 0 aromatic rings. The topological polar surface area (TPSA) is 72.4 Å². The van der Waals surface area contributed by atoms with Crippen LogP contribution in [0.5, 0.6) is 0 Å². The van der Waals surface area contributed by atoms with Gasteiger partial charge in [0.2, 0.25) is 0 Å². The van der Waals surface area contributed by atoms with Gasteiger partial charge in [-0.2, -0.15) is 0 Å². The maximum absolute atomic E-state index is 9.25. The van der Waals surface area contributed by atoms with Crippen molar-refractivity contribution in [2.24, 2.45) is 0 Å².